The topological polar surface area (TPSA) is 45.8 Å². The maximum atomic E-state index is 11.1. The zero-order valence-corrected chi connectivity index (χ0v) is 6.98. The average Bonchev–Trinajstić information content (AvgIpc) is 2.04. The Morgan fingerprint density at radius 2 is 2.45 bits per heavy atom. The highest BCUT2D eigenvalue weighted by atomic mass is 35.5. The number of aromatic amines is 1. The molecule has 0 spiro atoms. The molecule has 0 radical (unpaired) electrons. The highest BCUT2D eigenvalue weighted by molar-refractivity contribution is 6.17. The Balaban J connectivity index is 3.24. The molecule has 0 unspecified atom stereocenters. The van der Waals surface area contributed by atoms with Crippen LogP contribution in [-0.4, -0.2) is 10.2 Å². The van der Waals surface area contributed by atoms with Crippen LogP contribution in [0.15, 0.2) is 11.0 Å². The Bertz CT molecular complexity index is 295. The summed E-state index contributed by atoms with van der Waals surface area (Å²) in [4.78, 5) is 11.1. The van der Waals surface area contributed by atoms with Gasteiger partial charge in [0.05, 0.1) is 6.20 Å². The minimum atomic E-state index is -0.134. The Labute approximate surface area is 69.4 Å². The highest BCUT2D eigenvalue weighted by Crippen LogP contribution is 2.04. The number of nitrogens with zero attached hydrogens (tertiary/aromatic N) is 1. The number of halogens is 1. The standard InChI is InChI=1S/C7H9ClN2O/c1-2-6-5(3-8)4-9-10-7(6)11/h4H,2-3H2,1H3,(H,10,11). The molecule has 0 saturated carbocycles. The van der Waals surface area contributed by atoms with E-state index in [9.17, 15) is 4.79 Å². The molecule has 60 valence electrons. The molecule has 1 aromatic rings. The van der Waals surface area contributed by atoms with Crippen LogP contribution in [0.3, 0.4) is 0 Å². The van der Waals surface area contributed by atoms with Crippen molar-refractivity contribution in [1.82, 2.24) is 10.2 Å². The molecule has 4 heteroatoms. The normalized spacial score (nSPS) is 10.0. The van der Waals surface area contributed by atoms with Gasteiger partial charge in [0.2, 0.25) is 0 Å². The van der Waals surface area contributed by atoms with Gasteiger partial charge in [-0.15, -0.1) is 11.6 Å². The molecule has 1 N–H and O–H groups in total. The molecule has 1 heterocycles. The summed E-state index contributed by atoms with van der Waals surface area (Å²) in [5.41, 5.74) is 1.42. The van der Waals surface area contributed by atoms with Crippen molar-refractivity contribution in [2.24, 2.45) is 0 Å². The van der Waals surface area contributed by atoms with Crippen molar-refractivity contribution in [2.75, 3.05) is 0 Å². The van der Waals surface area contributed by atoms with E-state index in [1.807, 2.05) is 6.92 Å². The van der Waals surface area contributed by atoms with Gasteiger partial charge in [-0.1, -0.05) is 6.92 Å². The molecule has 0 aliphatic rings. The number of alkyl halides is 1. The van der Waals surface area contributed by atoms with E-state index in [2.05, 4.69) is 10.2 Å². The number of aromatic nitrogens is 2. The number of H-pyrrole nitrogens is 1. The molecule has 0 bridgehead atoms. The molecule has 0 aliphatic heterocycles. The SMILES string of the molecule is CCc1c(CCl)cn[nH]c1=O. The summed E-state index contributed by atoms with van der Waals surface area (Å²) in [6.45, 7) is 1.92. The van der Waals surface area contributed by atoms with Crippen molar-refractivity contribution in [3.8, 4) is 0 Å². The van der Waals surface area contributed by atoms with E-state index in [0.29, 0.717) is 12.3 Å². The van der Waals surface area contributed by atoms with Crippen LogP contribution in [0.2, 0.25) is 0 Å². The van der Waals surface area contributed by atoms with Crippen molar-refractivity contribution in [3.63, 3.8) is 0 Å². The molecule has 11 heavy (non-hydrogen) atoms. The van der Waals surface area contributed by atoms with Crippen LogP contribution < -0.4 is 5.56 Å². The molecule has 1 rings (SSSR count). The predicted octanol–water partition coefficient (Wildman–Crippen LogP) is 1.07. The van der Waals surface area contributed by atoms with Gasteiger partial charge in [0, 0.05) is 11.4 Å². The third kappa shape index (κ3) is 1.60. The van der Waals surface area contributed by atoms with Gasteiger partial charge in [0.25, 0.3) is 5.56 Å². The maximum Gasteiger partial charge on any atom is 0.267 e. The molecule has 3 nitrogen and oxygen atoms in total. The third-order valence-corrected chi connectivity index (χ3v) is 1.83. The molecule has 0 aromatic carbocycles. The monoisotopic (exact) mass is 172 g/mol. The largest absolute Gasteiger partial charge is 0.268 e. The summed E-state index contributed by atoms with van der Waals surface area (Å²) in [6.07, 6.45) is 2.28. The van der Waals surface area contributed by atoms with E-state index < -0.39 is 0 Å². The van der Waals surface area contributed by atoms with Crippen LogP contribution in [0.1, 0.15) is 18.1 Å². The van der Waals surface area contributed by atoms with E-state index in [-0.39, 0.29) is 5.56 Å². The summed E-state index contributed by atoms with van der Waals surface area (Å²) in [7, 11) is 0. The van der Waals surface area contributed by atoms with Crippen LogP contribution in [-0.2, 0) is 12.3 Å². The van der Waals surface area contributed by atoms with Crippen molar-refractivity contribution in [2.45, 2.75) is 19.2 Å². The number of rotatable bonds is 2. The summed E-state index contributed by atoms with van der Waals surface area (Å²) >= 11 is 5.59. The van der Waals surface area contributed by atoms with E-state index in [1.54, 1.807) is 6.20 Å². The minimum absolute atomic E-state index is 0.134. The van der Waals surface area contributed by atoms with Crippen LogP contribution in [0, 0.1) is 0 Å². The van der Waals surface area contributed by atoms with Crippen molar-refractivity contribution < 1.29 is 0 Å². The second-order valence-electron chi connectivity index (χ2n) is 2.19. The fourth-order valence-electron chi connectivity index (χ4n) is 0.963. The minimum Gasteiger partial charge on any atom is -0.268 e. The van der Waals surface area contributed by atoms with Crippen LogP contribution >= 0.6 is 11.6 Å². The van der Waals surface area contributed by atoms with Gasteiger partial charge in [-0.05, 0) is 12.0 Å². The van der Waals surface area contributed by atoms with Gasteiger partial charge in [0.15, 0.2) is 0 Å². The quantitative estimate of drug-likeness (QED) is 0.679. The fraction of sp³-hybridized carbons (Fsp3) is 0.429. The second kappa shape index (κ2) is 3.53. The summed E-state index contributed by atoms with van der Waals surface area (Å²) in [5.74, 6) is 0.347. The average molecular weight is 173 g/mol. The fourth-order valence-corrected chi connectivity index (χ4v) is 1.19. The lowest BCUT2D eigenvalue weighted by Crippen LogP contribution is -2.15. The molecule has 1 aromatic heterocycles. The molecular formula is C7H9ClN2O. The van der Waals surface area contributed by atoms with E-state index in [4.69, 9.17) is 11.6 Å². The predicted molar refractivity (Wildman–Crippen MR) is 43.8 cm³/mol. The van der Waals surface area contributed by atoms with Gasteiger partial charge in [-0.2, -0.15) is 5.10 Å². The highest BCUT2D eigenvalue weighted by Gasteiger charge is 2.02. The van der Waals surface area contributed by atoms with E-state index in [1.165, 1.54) is 0 Å². The molecular weight excluding hydrogens is 164 g/mol. The lowest BCUT2D eigenvalue weighted by atomic mass is 10.1. The van der Waals surface area contributed by atoms with Crippen LogP contribution in [0.5, 0.6) is 0 Å². The van der Waals surface area contributed by atoms with Gasteiger partial charge in [-0.3, -0.25) is 4.79 Å². The summed E-state index contributed by atoms with van der Waals surface area (Å²) in [6, 6.07) is 0. The smallest absolute Gasteiger partial charge is 0.267 e. The van der Waals surface area contributed by atoms with Gasteiger partial charge < -0.3 is 0 Å². The molecule has 0 amide bonds. The molecule has 0 aliphatic carbocycles. The lowest BCUT2D eigenvalue weighted by molar-refractivity contribution is 0.914. The molecule has 0 saturated heterocycles. The van der Waals surface area contributed by atoms with E-state index >= 15 is 0 Å². The first-order valence-corrected chi connectivity index (χ1v) is 3.94. The van der Waals surface area contributed by atoms with Crippen molar-refractivity contribution >= 4 is 11.6 Å². The maximum absolute atomic E-state index is 11.1. The zero-order valence-electron chi connectivity index (χ0n) is 6.22. The zero-order chi connectivity index (χ0) is 8.27. The van der Waals surface area contributed by atoms with E-state index in [0.717, 1.165) is 11.1 Å². The second-order valence-corrected chi connectivity index (χ2v) is 2.46. The number of hydrogen-bond donors (Lipinski definition) is 1. The Morgan fingerprint density at radius 3 is 2.91 bits per heavy atom. The number of hydrogen-bond acceptors (Lipinski definition) is 2. The molecule has 0 fully saturated rings. The van der Waals surface area contributed by atoms with Crippen LogP contribution in [0.4, 0.5) is 0 Å². The first-order chi connectivity index (χ1) is 5.29. The van der Waals surface area contributed by atoms with Crippen molar-refractivity contribution in [3.05, 3.63) is 27.7 Å². The lowest BCUT2D eigenvalue weighted by Gasteiger charge is -1.99. The third-order valence-electron chi connectivity index (χ3n) is 1.55. The number of nitrogens with one attached hydrogen (secondary N) is 1. The first-order valence-electron chi connectivity index (χ1n) is 3.41. The Morgan fingerprint density at radius 1 is 1.73 bits per heavy atom. The first kappa shape index (κ1) is 8.27. The Kier molecular flexibility index (Phi) is 2.65. The summed E-state index contributed by atoms with van der Waals surface area (Å²) in [5, 5.41) is 6.00. The van der Waals surface area contributed by atoms with Crippen molar-refractivity contribution in [1.29, 1.82) is 0 Å². The van der Waals surface area contributed by atoms with Gasteiger partial charge in [-0.25, -0.2) is 5.10 Å². The summed E-state index contributed by atoms with van der Waals surface area (Å²) < 4.78 is 0. The van der Waals surface area contributed by atoms with Gasteiger partial charge >= 0.3 is 0 Å². The Hall–Kier alpha value is -0.830. The van der Waals surface area contributed by atoms with Crippen LogP contribution in [0.25, 0.3) is 0 Å². The molecule has 0 atom stereocenters. The van der Waals surface area contributed by atoms with Gasteiger partial charge in [0.1, 0.15) is 0 Å².